The van der Waals surface area contributed by atoms with Crippen molar-refractivity contribution in [3.05, 3.63) is 23.7 Å². The van der Waals surface area contributed by atoms with Gasteiger partial charge in [0.1, 0.15) is 5.69 Å². The van der Waals surface area contributed by atoms with Gasteiger partial charge in [0.25, 0.3) is 0 Å². The number of carbonyl (C=O) groups is 1. The highest BCUT2D eigenvalue weighted by Gasteiger charge is 2.20. The molecule has 2 fully saturated rings. The number of rotatable bonds is 2. The Morgan fingerprint density at radius 1 is 1.19 bits per heavy atom. The molecule has 2 aliphatic heterocycles. The first kappa shape index (κ1) is 14.0. The number of likely N-dealkylation sites (N-methyl/N-ethyl adjacent to an activating group) is 1. The predicted molar refractivity (Wildman–Crippen MR) is 82.0 cm³/mol. The fourth-order valence-corrected chi connectivity index (χ4v) is 2.72. The summed E-state index contributed by atoms with van der Waals surface area (Å²) in [5.41, 5.74) is 1.60. The molecule has 0 aliphatic carbocycles. The zero-order valence-electron chi connectivity index (χ0n) is 12.4. The molecule has 6 nitrogen and oxygen atoms in total. The molecule has 0 unspecified atom stereocenters. The molecule has 3 heterocycles. The number of amides is 1. The molecule has 2 aliphatic rings. The maximum atomic E-state index is 11.9. The van der Waals surface area contributed by atoms with Gasteiger partial charge in [-0.3, -0.25) is 9.78 Å². The second-order valence-corrected chi connectivity index (χ2v) is 5.58. The molecule has 2 saturated heterocycles. The normalized spacial score (nSPS) is 22.4. The Labute approximate surface area is 124 Å². The summed E-state index contributed by atoms with van der Waals surface area (Å²) in [6.45, 7) is 4.69. The van der Waals surface area contributed by atoms with Crippen LogP contribution in [0.1, 0.15) is 18.5 Å². The van der Waals surface area contributed by atoms with E-state index in [0.717, 1.165) is 62.7 Å². The standard InChI is InChI=1S/C15H21N5O/c1-19-7-9-20(10-8-19)14-13(16-5-6-17-14)11-12-3-2-4-18-15(12)21/h5-6,11H,2-4,7-10H2,1H3,(H,18,21). The zero-order valence-corrected chi connectivity index (χ0v) is 12.4. The van der Waals surface area contributed by atoms with Gasteiger partial charge in [-0.25, -0.2) is 4.98 Å². The predicted octanol–water partition coefficient (Wildman–Crippen LogP) is 0.522. The van der Waals surface area contributed by atoms with E-state index < -0.39 is 0 Å². The van der Waals surface area contributed by atoms with E-state index in [1.165, 1.54) is 0 Å². The third kappa shape index (κ3) is 3.21. The number of anilines is 1. The lowest BCUT2D eigenvalue weighted by molar-refractivity contribution is -0.118. The van der Waals surface area contributed by atoms with Crippen LogP contribution in [-0.4, -0.2) is 60.5 Å². The molecule has 0 saturated carbocycles. The van der Waals surface area contributed by atoms with Gasteiger partial charge in [0.2, 0.25) is 5.91 Å². The van der Waals surface area contributed by atoms with Crippen molar-refractivity contribution < 1.29 is 4.79 Å². The molecular formula is C15H21N5O. The SMILES string of the molecule is CN1CCN(c2nccnc2C=C2CCCNC2=O)CC1. The van der Waals surface area contributed by atoms with Gasteiger partial charge in [-0.15, -0.1) is 0 Å². The Bertz CT molecular complexity index is 549. The van der Waals surface area contributed by atoms with Crippen LogP contribution in [0, 0.1) is 0 Å². The molecule has 1 amide bonds. The van der Waals surface area contributed by atoms with Crippen LogP contribution >= 0.6 is 0 Å². The molecule has 6 heteroatoms. The third-order valence-corrected chi connectivity index (χ3v) is 4.02. The number of hydrogen-bond donors (Lipinski definition) is 1. The van der Waals surface area contributed by atoms with Gasteiger partial charge in [0, 0.05) is 50.7 Å². The van der Waals surface area contributed by atoms with Gasteiger partial charge in [0.15, 0.2) is 5.82 Å². The number of carbonyl (C=O) groups excluding carboxylic acids is 1. The highest BCUT2D eigenvalue weighted by Crippen LogP contribution is 2.21. The van der Waals surface area contributed by atoms with Crippen LogP contribution in [-0.2, 0) is 4.79 Å². The first-order valence-corrected chi connectivity index (χ1v) is 7.47. The summed E-state index contributed by atoms with van der Waals surface area (Å²) in [7, 11) is 2.13. The van der Waals surface area contributed by atoms with E-state index in [2.05, 4.69) is 32.1 Å². The Morgan fingerprint density at radius 2 is 1.95 bits per heavy atom. The average Bonchev–Trinajstić information content (AvgIpc) is 2.51. The minimum absolute atomic E-state index is 0.0243. The van der Waals surface area contributed by atoms with Crippen LogP contribution < -0.4 is 10.2 Å². The number of piperidine rings is 1. The highest BCUT2D eigenvalue weighted by atomic mass is 16.1. The van der Waals surface area contributed by atoms with Gasteiger partial charge < -0.3 is 15.1 Å². The Kier molecular flexibility index (Phi) is 4.15. The fraction of sp³-hybridized carbons (Fsp3) is 0.533. The van der Waals surface area contributed by atoms with Gasteiger partial charge in [-0.1, -0.05) is 0 Å². The van der Waals surface area contributed by atoms with E-state index in [4.69, 9.17) is 0 Å². The molecule has 112 valence electrons. The summed E-state index contributed by atoms with van der Waals surface area (Å²) in [4.78, 5) is 25.4. The fourth-order valence-electron chi connectivity index (χ4n) is 2.72. The molecule has 0 aromatic carbocycles. The van der Waals surface area contributed by atoms with Gasteiger partial charge in [0.05, 0.1) is 0 Å². The first-order chi connectivity index (χ1) is 10.2. The van der Waals surface area contributed by atoms with Crippen LogP contribution in [0.25, 0.3) is 6.08 Å². The molecule has 0 radical (unpaired) electrons. The quantitative estimate of drug-likeness (QED) is 0.804. The number of piperazine rings is 1. The van der Waals surface area contributed by atoms with Crippen LogP contribution in [0.15, 0.2) is 18.0 Å². The van der Waals surface area contributed by atoms with Gasteiger partial charge in [-0.2, -0.15) is 0 Å². The van der Waals surface area contributed by atoms with Crippen molar-refractivity contribution in [3.8, 4) is 0 Å². The van der Waals surface area contributed by atoms with E-state index in [0.29, 0.717) is 0 Å². The molecule has 3 rings (SSSR count). The van der Waals surface area contributed by atoms with E-state index in [-0.39, 0.29) is 5.91 Å². The topological polar surface area (TPSA) is 61.4 Å². The van der Waals surface area contributed by atoms with Gasteiger partial charge >= 0.3 is 0 Å². The van der Waals surface area contributed by atoms with E-state index in [1.54, 1.807) is 12.4 Å². The Balaban J connectivity index is 1.85. The monoisotopic (exact) mass is 287 g/mol. The number of hydrogen-bond acceptors (Lipinski definition) is 5. The van der Waals surface area contributed by atoms with Gasteiger partial charge in [-0.05, 0) is 26.0 Å². The summed E-state index contributed by atoms with van der Waals surface area (Å²) in [6.07, 6.45) is 7.10. The van der Waals surface area contributed by atoms with Crippen LogP contribution in [0.2, 0.25) is 0 Å². The number of aromatic nitrogens is 2. The molecule has 0 spiro atoms. The second kappa shape index (κ2) is 6.22. The first-order valence-electron chi connectivity index (χ1n) is 7.47. The minimum Gasteiger partial charge on any atom is -0.352 e. The van der Waals surface area contributed by atoms with Crippen molar-refractivity contribution in [3.63, 3.8) is 0 Å². The van der Waals surface area contributed by atoms with Crippen molar-refractivity contribution in [2.24, 2.45) is 0 Å². The van der Waals surface area contributed by atoms with Crippen molar-refractivity contribution in [1.29, 1.82) is 0 Å². The average molecular weight is 287 g/mol. The lowest BCUT2D eigenvalue weighted by Gasteiger charge is -2.33. The summed E-state index contributed by atoms with van der Waals surface area (Å²) in [5, 5.41) is 2.88. The van der Waals surface area contributed by atoms with Crippen molar-refractivity contribution in [1.82, 2.24) is 20.2 Å². The maximum absolute atomic E-state index is 11.9. The van der Waals surface area contributed by atoms with Crippen LogP contribution in [0.5, 0.6) is 0 Å². The lowest BCUT2D eigenvalue weighted by Crippen LogP contribution is -2.45. The van der Waals surface area contributed by atoms with Crippen molar-refractivity contribution in [2.75, 3.05) is 44.7 Å². The summed E-state index contributed by atoms with van der Waals surface area (Å²) in [5.74, 6) is 0.910. The highest BCUT2D eigenvalue weighted by molar-refractivity contribution is 5.98. The van der Waals surface area contributed by atoms with Crippen molar-refractivity contribution >= 4 is 17.8 Å². The minimum atomic E-state index is 0.0243. The smallest absolute Gasteiger partial charge is 0.247 e. The molecule has 21 heavy (non-hydrogen) atoms. The largest absolute Gasteiger partial charge is 0.352 e. The second-order valence-electron chi connectivity index (χ2n) is 5.58. The van der Waals surface area contributed by atoms with E-state index >= 15 is 0 Å². The molecule has 1 aromatic rings. The number of nitrogens with one attached hydrogen (secondary N) is 1. The zero-order chi connectivity index (χ0) is 14.7. The Morgan fingerprint density at radius 3 is 2.71 bits per heavy atom. The van der Waals surface area contributed by atoms with Crippen LogP contribution in [0.4, 0.5) is 5.82 Å². The molecule has 0 bridgehead atoms. The summed E-state index contributed by atoms with van der Waals surface area (Å²) < 4.78 is 0. The molecule has 1 aromatic heterocycles. The summed E-state index contributed by atoms with van der Waals surface area (Å²) in [6, 6.07) is 0. The van der Waals surface area contributed by atoms with Crippen molar-refractivity contribution in [2.45, 2.75) is 12.8 Å². The third-order valence-electron chi connectivity index (χ3n) is 4.02. The lowest BCUT2D eigenvalue weighted by atomic mass is 10.0. The number of nitrogens with zero attached hydrogens (tertiary/aromatic N) is 4. The maximum Gasteiger partial charge on any atom is 0.247 e. The van der Waals surface area contributed by atoms with E-state index in [1.807, 2.05) is 6.08 Å². The molecule has 1 N–H and O–H groups in total. The van der Waals surface area contributed by atoms with Crippen LogP contribution in [0.3, 0.4) is 0 Å². The molecular weight excluding hydrogens is 266 g/mol. The summed E-state index contributed by atoms with van der Waals surface area (Å²) >= 11 is 0. The van der Waals surface area contributed by atoms with E-state index in [9.17, 15) is 4.79 Å². The Hall–Kier alpha value is -1.95. The molecule has 0 atom stereocenters.